The maximum absolute atomic E-state index is 11.4. The molecule has 1 heterocycles. The number of rotatable bonds is 5. The van der Waals surface area contributed by atoms with Crippen LogP contribution in [0.3, 0.4) is 0 Å². The zero-order chi connectivity index (χ0) is 13.4. The number of H-pyrrole nitrogens is 1. The van der Waals surface area contributed by atoms with Gasteiger partial charge in [-0.2, -0.15) is 0 Å². The van der Waals surface area contributed by atoms with Crippen molar-refractivity contribution in [2.75, 3.05) is 18.5 Å². The van der Waals surface area contributed by atoms with Crippen LogP contribution in [0.2, 0.25) is 0 Å². The Morgan fingerprint density at radius 3 is 3.06 bits per heavy atom. The molecule has 0 aliphatic carbocycles. The van der Waals surface area contributed by atoms with Gasteiger partial charge in [0.25, 0.3) is 0 Å². The summed E-state index contributed by atoms with van der Waals surface area (Å²) in [5.74, 6) is -0.233. The number of ether oxygens (including phenoxy) is 1. The van der Waals surface area contributed by atoms with Crippen LogP contribution in [0, 0.1) is 4.64 Å². The van der Waals surface area contributed by atoms with Gasteiger partial charge in [-0.3, -0.25) is 10.1 Å². The highest BCUT2D eigenvalue weighted by Gasteiger charge is 2.06. The topological polar surface area (TPSA) is 96.1 Å². The minimum Gasteiger partial charge on any atom is -0.445 e. The molecule has 3 N–H and O–H groups in total. The smallest absolute Gasteiger partial charge is 0.407 e. The monoisotopic (exact) mass is 268 g/mol. The first kappa shape index (κ1) is 13.8. The number of nitrogens with zero attached hydrogens (tertiary/aromatic N) is 1. The molecule has 0 unspecified atom stereocenters. The summed E-state index contributed by atoms with van der Waals surface area (Å²) >= 11 is 4.86. The van der Waals surface area contributed by atoms with E-state index in [9.17, 15) is 9.59 Å². The Morgan fingerprint density at radius 2 is 2.39 bits per heavy atom. The van der Waals surface area contributed by atoms with Gasteiger partial charge in [0, 0.05) is 6.20 Å². The van der Waals surface area contributed by atoms with E-state index in [1.807, 2.05) is 0 Å². The molecule has 8 heteroatoms. The fraction of sp³-hybridized carbons (Fsp3) is 0.200. The average molecular weight is 268 g/mol. The molecule has 0 bridgehead atoms. The molecule has 0 aromatic carbocycles. The third-order valence-electron chi connectivity index (χ3n) is 1.65. The van der Waals surface area contributed by atoms with Crippen molar-refractivity contribution in [2.45, 2.75) is 0 Å². The number of alkyl carbamates (subject to hydrolysis) is 1. The molecule has 0 saturated carbocycles. The minimum absolute atomic E-state index is 0.0841. The van der Waals surface area contributed by atoms with E-state index in [1.165, 1.54) is 12.3 Å². The molecule has 0 atom stereocenters. The molecule has 2 amide bonds. The second-order valence-corrected chi connectivity index (χ2v) is 3.51. The lowest BCUT2D eigenvalue weighted by Crippen LogP contribution is -2.33. The number of anilines is 1. The van der Waals surface area contributed by atoms with Gasteiger partial charge in [0.05, 0.1) is 0 Å². The summed E-state index contributed by atoms with van der Waals surface area (Å²) in [7, 11) is 0. The third-order valence-corrected chi connectivity index (χ3v) is 1.89. The molecule has 0 spiro atoms. The van der Waals surface area contributed by atoms with Gasteiger partial charge in [0.15, 0.2) is 0 Å². The van der Waals surface area contributed by atoms with E-state index in [0.717, 1.165) is 0 Å². The largest absolute Gasteiger partial charge is 0.445 e. The molecule has 18 heavy (non-hydrogen) atoms. The van der Waals surface area contributed by atoms with Gasteiger partial charge < -0.3 is 15.0 Å². The van der Waals surface area contributed by atoms with Crippen molar-refractivity contribution in [3.8, 4) is 0 Å². The van der Waals surface area contributed by atoms with Crippen molar-refractivity contribution in [3.05, 3.63) is 29.6 Å². The van der Waals surface area contributed by atoms with Crippen LogP contribution in [-0.2, 0) is 9.53 Å². The molecule has 1 aromatic heterocycles. The average Bonchev–Trinajstić information content (AvgIpc) is 2.34. The van der Waals surface area contributed by atoms with Crippen LogP contribution < -0.4 is 10.6 Å². The highest BCUT2D eigenvalue weighted by molar-refractivity contribution is 7.71. The quantitative estimate of drug-likeness (QED) is 0.546. The van der Waals surface area contributed by atoms with Gasteiger partial charge in [0.1, 0.15) is 17.8 Å². The summed E-state index contributed by atoms with van der Waals surface area (Å²) in [5.41, 5.74) is 0. The van der Waals surface area contributed by atoms with Crippen molar-refractivity contribution in [3.63, 3.8) is 0 Å². The molecule has 7 nitrogen and oxygen atoms in total. The van der Waals surface area contributed by atoms with E-state index in [0.29, 0.717) is 4.64 Å². The van der Waals surface area contributed by atoms with Gasteiger partial charge in [-0.05, 0) is 6.07 Å². The normalized spacial score (nSPS) is 9.33. The number of aromatic amines is 1. The second kappa shape index (κ2) is 7.17. The van der Waals surface area contributed by atoms with E-state index in [4.69, 9.17) is 12.2 Å². The number of hydrogen-bond donors (Lipinski definition) is 3. The third kappa shape index (κ3) is 5.21. The predicted octanol–water partition coefficient (Wildman–Crippen LogP) is 0.990. The van der Waals surface area contributed by atoms with Crippen LogP contribution in [0.15, 0.2) is 24.9 Å². The lowest BCUT2D eigenvalue weighted by Gasteiger charge is -2.05. The SMILES string of the molecule is C=CCOC(=O)NCC(=O)Nc1nccc(=S)[nH]1. The van der Waals surface area contributed by atoms with Crippen molar-refractivity contribution >= 4 is 30.2 Å². The van der Waals surface area contributed by atoms with Crippen molar-refractivity contribution in [1.29, 1.82) is 0 Å². The summed E-state index contributed by atoms with van der Waals surface area (Å²) < 4.78 is 5.07. The van der Waals surface area contributed by atoms with Crippen LogP contribution >= 0.6 is 12.2 Å². The molecule has 1 rings (SSSR count). The van der Waals surface area contributed by atoms with E-state index in [1.54, 1.807) is 6.07 Å². The Morgan fingerprint density at radius 1 is 1.61 bits per heavy atom. The second-order valence-electron chi connectivity index (χ2n) is 3.07. The maximum Gasteiger partial charge on any atom is 0.407 e. The first-order chi connectivity index (χ1) is 8.61. The van der Waals surface area contributed by atoms with Gasteiger partial charge in [-0.25, -0.2) is 9.78 Å². The first-order valence-corrected chi connectivity index (χ1v) is 5.39. The molecular weight excluding hydrogens is 256 g/mol. The van der Waals surface area contributed by atoms with Gasteiger partial charge in [0.2, 0.25) is 11.9 Å². The van der Waals surface area contributed by atoms with Crippen molar-refractivity contribution < 1.29 is 14.3 Å². The van der Waals surface area contributed by atoms with Crippen molar-refractivity contribution in [2.24, 2.45) is 0 Å². The van der Waals surface area contributed by atoms with Crippen LogP contribution in [0.25, 0.3) is 0 Å². The van der Waals surface area contributed by atoms with E-state index in [-0.39, 0.29) is 19.1 Å². The highest BCUT2D eigenvalue weighted by atomic mass is 32.1. The molecule has 0 aliphatic rings. The van der Waals surface area contributed by atoms with E-state index >= 15 is 0 Å². The van der Waals surface area contributed by atoms with E-state index < -0.39 is 12.0 Å². The van der Waals surface area contributed by atoms with Crippen LogP contribution in [0.5, 0.6) is 0 Å². The lowest BCUT2D eigenvalue weighted by atomic mass is 10.5. The van der Waals surface area contributed by atoms with E-state index in [2.05, 4.69) is 31.9 Å². The summed E-state index contributed by atoms with van der Waals surface area (Å²) in [6, 6.07) is 1.58. The van der Waals surface area contributed by atoms with Crippen LogP contribution in [0.4, 0.5) is 10.7 Å². The Labute approximate surface area is 108 Å². The molecule has 0 aliphatic heterocycles. The molecular formula is C10H12N4O3S. The number of amides is 2. The number of carbonyl (C=O) groups excluding carboxylic acids is 2. The number of carbonyl (C=O) groups is 2. The first-order valence-electron chi connectivity index (χ1n) is 4.98. The van der Waals surface area contributed by atoms with Gasteiger partial charge >= 0.3 is 6.09 Å². The van der Waals surface area contributed by atoms with Crippen molar-refractivity contribution in [1.82, 2.24) is 15.3 Å². The molecule has 0 radical (unpaired) electrons. The Balaban J connectivity index is 2.36. The number of nitrogens with one attached hydrogen (secondary N) is 3. The number of hydrogen-bond acceptors (Lipinski definition) is 5. The fourth-order valence-corrected chi connectivity index (χ4v) is 1.11. The summed E-state index contributed by atoms with van der Waals surface area (Å²) in [6.07, 6.45) is 2.19. The molecule has 96 valence electrons. The zero-order valence-electron chi connectivity index (χ0n) is 9.43. The summed E-state index contributed by atoms with van der Waals surface area (Å²) in [6.45, 7) is 3.24. The zero-order valence-corrected chi connectivity index (χ0v) is 10.3. The lowest BCUT2D eigenvalue weighted by molar-refractivity contribution is -0.115. The van der Waals surface area contributed by atoms with Crippen LogP contribution in [0.1, 0.15) is 0 Å². The molecule has 0 saturated heterocycles. The Kier molecular flexibility index (Phi) is 5.52. The maximum atomic E-state index is 11.4. The molecule has 1 aromatic rings. The van der Waals surface area contributed by atoms with Gasteiger partial charge in [-0.1, -0.05) is 24.9 Å². The predicted molar refractivity (Wildman–Crippen MR) is 67.6 cm³/mol. The number of aromatic nitrogens is 2. The van der Waals surface area contributed by atoms with Gasteiger partial charge in [-0.15, -0.1) is 0 Å². The standard InChI is InChI=1S/C10H12N4O3S/c1-2-5-17-10(16)12-6-7(15)13-9-11-4-3-8(18)14-9/h2-4H,1,5-6H2,(H,12,16)(H2,11,13,14,15,18). The molecule has 0 fully saturated rings. The summed E-state index contributed by atoms with van der Waals surface area (Å²) in [4.78, 5) is 28.9. The Hall–Kier alpha value is -2.22. The highest BCUT2D eigenvalue weighted by Crippen LogP contribution is 1.95. The minimum atomic E-state index is -0.695. The van der Waals surface area contributed by atoms with Crippen LogP contribution in [-0.4, -0.2) is 35.1 Å². The summed E-state index contributed by atoms with van der Waals surface area (Å²) in [5, 5.41) is 4.69. The fourth-order valence-electron chi connectivity index (χ4n) is 0.948. The Bertz CT molecular complexity index is 500.